The van der Waals surface area contributed by atoms with E-state index < -0.39 is 0 Å². The minimum absolute atomic E-state index is 0.0365. The maximum absolute atomic E-state index is 11.5. The first-order chi connectivity index (χ1) is 7.74. The summed E-state index contributed by atoms with van der Waals surface area (Å²) in [5.41, 5.74) is 0. The summed E-state index contributed by atoms with van der Waals surface area (Å²) in [5.74, 6) is -0.159. The van der Waals surface area contributed by atoms with E-state index in [1.165, 1.54) is 19.3 Å². The summed E-state index contributed by atoms with van der Waals surface area (Å²) in [4.78, 5) is 11.5. The lowest BCUT2D eigenvalue weighted by Gasteiger charge is -2.31. The molecule has 2 rings (SSSR count). The lowest BCUT2D eigenvalue weighted by Crippen LogP contribution is -2.33. The quantitative estimate of drug-likeness (QED) is 0.688. The number of hydrogen-bond acceptors (Lipinski definition) is 3. The highest BCUT2D eigenvalue weighted by Crippen LogP contribution is 2.38. The lowest BCUT2D eigenvalue weighted by atomic mass is 9.94. The molecule has 1 aliphatic heterocycles. The van der Waals surface area contributed by atoms with Crippen molar-refractivity contribution in [1.82, 2.24) is 0 Å². The Balaban J connectivity index is 1.82. The number of hydrogen-bond donors (Lipinski definition) is 0. The molecule has 1 saturated heterocycles. The van der Waals surface area contributed by atoms with Crippen LogP contribution in [-0.2, 0) is 14.3 Å². The second-order valence-corrected chi connectivity index (χ2v) is 4.76. The Hall–Kier alpha value is -0.670. The van der Waals surface area contributed by atoms with E-state index in [1.807, 2.05) is 0 Å². The van der Waals surface area contributed by atoms with Crippen LogP contribution >= 0.6 is 0 Å². The van der Waals surface area contributed by atoms with E-state index >= 15 is 0 Å². The summed E-state index contributed by atoms with van der Waals surface area (Å²) in [7, 11) is 0. The summed E-state index contributed by atoms with van der Waals surface area (Å²) in [6.07, 6.45) is 8.10. The molecule has 90 valence electrons. The normalized spacial score (nSPS) is 28.1. The van der Waals surface area contributed by atoms with Gasteiger partial charge in [0, 0.05) is 25.7 Å². The van der Waals surface area contributed by atoms with Gasteiger partial charge in [0.05, 0.1) is 12.7 Å². The third-order valence-electron chi connectivity index (χ3n) is 3.36. The molecule has 1 atom stereocenters. The SMILES string of the molecule is C=CCC(=O)C[C@@H]1COC2(CCCCC2)O1. The van der Waals surface area contributed by atoms with Gasteiger partial charge in [0.1, 0.15) is 5.78 Å². The average molecular weight is 224 g/mol. The van der Waals surface area contributed by atoms with Gasteiger partial charge in [0.15, 0.2) is 5.79 Å². The van der Waals surface area contributed by atoms with Crippen molar-refractivity contribution in [3.63, 3.8) is 0 Å². The van der Waals surface area contributed by atoms with Gasteiger partial charge in [0.2, 0.25) is 0 Å². The standard InChI is InChI=1S/C13H20O3/c1-2-6-11(14)9-12-10-15-13(16-12)7-4-3-5-8-13/h2,12H,1,3-10H2/t12-/m1/s1. The van der Waals surface area contributed by atoms with Gasteiger partial charge in [-0.1, -0.05) is 12.5 Å². The second kappa shape index (κ2) is 5.11. The van der Waals surface area contributed by atoms with E-state index in [0.29, 0.717) is 19.4 Å². The maximum Gasteiger partial charge on any atom is 0.168 e. The Morgan fingerprint density at radius 3 is 2.81 bits per heavy atom. The number of carbonyl (C=O) groups is 1. The largest absolute Gasteiger partial charge is 0.347 e. The average Bonchev–Trinajstić information content (AvgIpc) is 2.63. The highest BCUT2D eigenvalue weighted by Gasteiger charge is 2.42. The van der Waals surface area contributed by atoms with Crippen LogP contribution in [0.4, 0.5) is 0 Å². The first-order valence-corrected chi connectivity index (χ1v) is 6.18. The number of rotatable bonds is 4. The number of Topliss-reactive ketones (excluding diaryl/α,β-unsaturated/α-hetero) is 1. The van der Waals surface area contributed by atoms with Crippen molar-refractivity contribution in [2.24, 2.45) is 0 Å². The summed E-state index contributed by atoms with van der Waals surface area (Å²) in [5, 5.41) is 0. The van der Waals surface area contributed by atoms with Crippen LogP contribution in [0.25, 0.3) is 0 Å². The van der Waals surface area contributed by atoms with Crippen LogP contribution in [0.5, 0.6) is 0 Å². The highest BCUT2D eigenvalue weighted by molar-refractivity contribution is 5.80. The Morgan fingerprint density at radius 1 is 1.38 bits per heavy atom. The molecule has 0 unspecified atom stereocenters. The molecule has 0 amide bonds. The van der Waals surface area contributed by atoms with Gasteiger partial charge in [-0.3, -0.25) is 4.79 Å². The van der Waals surface area contributed by atoms with E-state index in [0.717, 1.165) is 12.8 Å². The van der Waals surface area contributed by atoms with Crippen LogP contribution in [0.3, 0.4) is 0 Å². The van der Waals surface area contributed by atoms with E-state index in [1.54, 1.807) is 6.08 Å². The lowest BCUT2D eigenvalue weighted by molar-refractivity contribution is -0.187. The fourth-order valence-corrected chi connectivity index (χ4v) is 2.57. The fraction of sp³-hybridized carbons (Fsp3) is 0.769. The number of ketones is 1. The van der Waals surface area contributed by atoms with Crippen LogP contribution in [0, 0.1) is 0 Å². The van der Waals surface area contributed by atoms with E-state index in [2.05, 4.69) is 6.58 Å². The van der Waals surface area contributed by atoms with Crippen molar-refractivity contribution in [2.75, 3.05) is 6.61 Å². The summed E-state index contributed by atoms with van der Waals surface area (Å²) < 4.78 is 11.7. The Kier molecular flexibility index (Phi) is 3.77. The minimum atomic E-state index is -0.350. The van der Waals surface area contributed by atoms with Crippen LogP contribution in [0.2, 0.25) is 0 Å². The molecular weight excluding hydrogens is 204 g/mol. The van der Waals surface area contributed by atoms with Crippen LogP contribution < -0.4 is 0 Å². The van der Waals surface area contributed by atoms with Gasteiger partial charge >= 0.3 is 0 Å². The van der Waals surface area contributed by atoms with Crippen LogP contribution in [0.15, 0.2) is 12.7 Å². The van der Waals surface area contributed by atoms with Crippen molar-refractivity contribution in [3.05, 3.63) is 12.7 Å². The van der Waals surface area contributed by atoms with Crippen LogP contribution in [0.1, 0.15) is 44.9 Å². The van der Waals surface area contributed by atoms with E-state index in [9.17, 15) is 4.79 Å². The molecule has 3 nitrogen and oxygen atoms in total. The van der Waals surface area contributed by atoms with Crippen LogP contribution in [-0.4, -0.2) is 24.3 Å². The zero-order valence-electron chi connectivity index (χ0n) is 9.74. The minimum Gasteiger partial charge on any atom is -0.347 e. The first kappa shape index (κ1) is 11.8. The van der Waals surface area contributed by atoms with Gasteiger partial charge in [0.25, 0.3) is 0 Å². The Bertz CT molecular complexity index is 266. The van der Waals surface area contributed by atoms with Gasteiger partial charge in [-0.15, -0.1) is 6.58 Å². The molecule has 0 radical (unpaired) electrons. The maximum atomic E-state index is 11.5. The predicted octanol–water partition coefficient (Wildman–Crippen LogP) is 2.60. The van der Waals surface area contributed by atoms with Crippen molar-refractivity contribution in [1.29, 1.82) is 0 Å². The molecule has 0 N–H and O–H groups in total. The number of carbonyl (C=O) groups excluding carboxylic acids is 1. The summed E-state index contributed by atoms with van der Waals surface area (Å²) in [6.45, 7) is 4.14. The van der Waals surface area contributed by atoms with Crippen molar-refractivity contribution in [3.8, 4) is 0 Å². The molecule has 2 aliphatic rings. The third-order valence-corrected chi connectivity index (χ3v) is 3.36. The van der Waals surface area contributed by atoms with Gasteiger partial charge in [-0.2, -0.15) is 0 Å². The molecule has 0 aromatic rings. The molecule has 16 heavy (non-hydrogen) atoms. The van der Waals surface area contributed by atoms with Crippen molar-refractivity contribution < 1.29 is 14.3 Å². The summed E-state index contributed by atoms with van der Waals surface area (Å²) in [6, 6.07) is 0. The number of allylic oxidation sites excluding steroid dienone is 1. The van der Waals surface area contributed by atoms with Gasteiger partial charge < -0.3 is 9.47 Å². The molecule has 0 bridgehead atoms. The molecule has 1 aliphatic carbocycles. The molecule has 3 heteroatoms. The van der Waals surface area contributed by atoms with Crippen molar-refractivity contribution in [2.45, 2.75) is 56.8 Å². The molecule has 2 fully saturated rings. The third kappa shape index (κ3) is 2.71. The molecular formula is C13H20O3. The molecule has 1 heterocycles. The predicted molar refractivity (Wildman–Crippen MR) is 61.1 cm³/mol. The molecule has 1 spiro atoms. The first-order valence-electron chi connectivity index (χ1n) is 6.18. The van der Waals surface area contributed by atoms with E-state index in [4.69, 9.17) is 9.47 Å². The fourth-order valence-electron chi connectivity index (χ4n) is 2.57. The van der Waals surface area contributed by atoms with Crippen molar-refractivity contribution >= 4 is 5.78 Å². The zero-order chi connectivity index (χ0) is 11.4. The molecule has 1 saturated carbocycles. The molecule has 0 aromatic heterocycles. The monoisotopic (exact) mass is 224 g/mol. The van der Waals surface area contributed by atoms with Gasteiger partial charge in [-0.25, -0.2) is 0 Å². The highest BCUT2D eigenvalue weighted by atomic mass is 16.7. The number of ether oxygens (including phenoxy) is 2. The smallest absolute Gasteiger partial charge is 0.168 e. The topological polar surface area (TPSA) is 35.5 Å². The Morgan fingerprint density at radius 2 is 2.12 bits per heavy atom. The van der Waals surface area contributed by atoms with Gasteiger partial charge in [-0.05, 0) is 12.8 Å². The summed E-state index contributed by atoms with van der Waals surface area (Å²) >= 11 is 0. The van der Waals surface area contributed by atoms with E-state index in [-0.39, 0.29) is 17.7 Å². The Labute approximate surface area is 96.8 Å². The molecule has 0 aromatic carbocycles. The zero-order valence-corrected chi connectivity index (χ0v) is 9.74. The second-order valence-electron chi connectivity index (χ2n) is 4.76.